The standard InChI is InChI=1S/C21H21FN2O3S/c22-17-7-6-16-8-10-24(19(16)12-17)11-9-20(25)23-18(21(26)27)14-28-13-15-4-2-1-3-5-15/h1-8,10,12,18H,9,11,13-14H2,(H,23,25)(H,26,27)/t18-/m1/s1. The first kappa shape index (κ1) is 19.9. The number of carboxylic acids is 1. The van der Waals surface area contributed by atoms with Crippen molar-refractivity contribution in [1.29, 1.82) is 0 Å². The molecule has 0 aliphatic rings. The molecule has 2 N–H and O–H groups in total. The normalized spacial score (nSPS) is 12.0. The largest absolute Gasteiger partial charge is 0.480 e. The van der Waals surface area contributed by atoms with Gasteiger partial charge in [-0.2, -0.15) is 11.8 Å². The minimum atomic E-state index is -1.05. The third-order valence-electron chi connectivity index (χ3n) is 4.35. The SMILES string of the molecule is O=C(CCn1ccc2ccc(F)cc21)N[C@H](CSCc1ccccc1)C(=O)O. The highest BCUT2D eigenvalue weighted by Crippen LogP contribution is 2.17. The summed E-state index contributed by atoms with van der Waals surface area (Å²) in [5.74, 6) is -0.763. The molecule has 0 aliphatic carbocycles. The first-order valence-corrected chi connectivity index (χ1v) is 10.1. The summed E-state index contributed by atoms with van der Waals surface area (Å²) < 4.78 is 15.2. The number of carboxylic acid groups (broad SMARTS) is 1. The molecule has 1 atom stereocenters. The van der Waals surface area contributed by atoms with Gasteiger partial charge in [-0.1, -0.05) is 30.3 Å². The fourth-order valence-corrected chi connectivity index (χ4v) is 3.89. The van der Waals surface area contributed by atoms with E-state index in [0.717, 1.165) is 10.9 Å². The van der Waals surface area contributed by atoms with Crippen LogP contribution < -0.4 is 5.32 Å². The first-order valence-electron chi connectivity index (χ1n) is 8.91. The summed E-state index contributed by atoms with van der Waals surface area (Å²) in [5, 5.41) is 12.8. The lowest BCUT2D eigenvalue weighted by molar-refractivity contribution is -0.141. The number of fused-ring (bicyclic) bond motifs is 1. The average Bonchev–Trinajstić information content (AvgIpc) is 3.08. The van der Waals surface area contributed by atoms with E-state index < -0.39 is 12.0 Å². The molecule has 0 saturated carbocycles. The minimum absolute atomic E-state index is 0.118. The molecule has 3 aromatic rings. The number of amides is 1. The molecule has 5 nitrogen and oxygen atoms in total. The Bertz CT molecular complexity index is 959. The van der Waals surface area contributed by atoms with Crippen LogP contribution in [0, 0.1) is 5.82 Å². The zero-order chi connectivity index (χ0) is 19.9. The van der Waals surface area contributed by atoms with E-state index in [4.69, 9.17) is 0 Å². The second-order valence-corrected chi connectivity index (χ2v) is 7.45. The molecule has 0 unspecified atom stereocenters. The molecule has 0 bridgehead atoms. The average molecular weight is 400 g/mol. The number of hydrogen-bond acceptors (Lipinski definition) is 3. The van der Waals surface area contributed by atoms with Gasteiger partial charge in [0.1, 0.15) is 11.9 Å². The minimum Gasteiger partial charge on any atom is -0.480 e. The molecule has 1 heterocycles. The van der Waals surface area contributed by atoms with Crippen LogP contribution in [0.3, 0.4) is 0 Å². The van der Waals surface area contributed by atoms with Crippen LogP contribution in [-0.2, 0) is 21.9 Å². The van der Waals surface area contributed by atoms with Crippen LogP contribution in [0.15, 0.2) is 60.8 Å². The molecule has 2 aromatic carbocycles. The van der Waals surface area contributed by atoms with Gasteiger partial charge in [0.05, 0.1) is 5.52 Å². The van der Waals surface area contributed by atoms with Crippen molar-refractivity contribution in [3.63, 3.8) is 0 Å². The zero-order valence-electron chi connectivity index (χ0n) is 15.2. The van der Waals surface area contributed by atoms with Crippen molar-refractivity contribution in [3.05, 3.63) is 72.2 Å². The van der Waals surface area contributed by atoms with E-state index in [1.54, 1.807) is 16.8 Å². The van der Waals surface area contributed by atoms with Crippen molar-refractivity contribution in [2.24, 2.45) is 0 Å². The first-order chi connectivity index (χ1) is 13.5. The van der Waals surface area contributed by atoms with E-state index >= 15 is 0 Å². The van der Waals surface area contributed by atoms with Crippen molar-refractivity contribution < 1.29 is 19.1 Å². The summed E-state index contributed by atoms with van der Waals surface area (Å²) in [7, 11) is 0. The van der Waals surface area contributed by atoms with Crippen LogP contribution in [0.25, 0.3) is 10.9 Å². The number of nitrogens with one attached hydrogen (secondary N) is 1. The van der Waals surface area contributed by atoms with E-state index in [9.17, 15) is 19.1 Å². The molecule has 7 heteroatoms. The predicted octanol–water partition coefficient (Wildman–Crippen LogP) is 3.67. The third-order valence-corrected chi connectivity index (χ3v) is 5.45. The number of aliphatic carboxylic acids is 1. The Morgan fingerprint density at radius 1 is 1.14 bits per heavy atom. The van der Waals surface area contributed by atoms with Crippen LogP contribution in [0.2, 0.25) is 0 Å². The van der Waals surface area contributed by atoms with Crippen LogP contribution in [0.4, 0.5) is 4.39 Å². The lowest BCUT2D eigenvalue weighted by atomic mass is 10.2. The fraction of sp³-hybridized carbons (Fsp3) is 0.238. The molecule has 1 amide bonds. The number of benzene rings is 2. The third kappa shape index (κ3) is 5.36. The number of thioether (sulfide) groups is 1. The molecule has 3 rings (SSSR count). The Hall–Kier alpha value is -2.80. The predicted molar refractivity (Wildman–Crippen MR) is 109 cm³/mol. The van der Waals surface area contributed by atoms with Crippen molar-refractivity contribution in [3.8, 4) is 0 Å². The maximum atomic E-state index is 13.4. The molecule has 146 valence electrons. The van der Waals surface area contributed by atoms with Gasteiger partial charge in [-0.05, 0) is 35.2 Å². The van der Waals surface area contributed by atoms with Gasteiger partial charge in [-0.15, -0.1) is 0 Å². The number of aromatic nitrogens is 1. The lowest BCUT2D eigenvalue weighted by Crippen LogP contribution is -2.42. The van der Waals surface area contributed by atoms with Gasteiger partial charge in [0.2, 0.25) is 5.91 Å². The quantitative estimate of drug-likeness (QED) is 0.575. The summed E-state index contributed by atoms with van der Waals surface area (Å²) in [6.45, 7) is 0.349. The number of halogens is 1. The van der Waals surface area contributed by atoms with Gasteiger partial charge >= 0.3 is 5.97 Å². The molecule has 0 radical (unpaired) electrons. The molecule has 28 heavy (non-hydrogen) atoms. The smallest absolute Gasteiger partial charge is 0.327 e. The van der Waals surface area contributed by atoms with Crippen LogP contribution in [-0.4, -0.2) is 33.3 Å². The van der Waals surface area contributed by atoms with E-state index in [2.05, 4.69) is 5.32 Å². The highest BCUT2D eigenvalue weighted by atomic mass is 32.2. The Balaban J connectivity index is 1.51. The maximum absolute atomic E-state index is 13.4. The Morgan fingerprint density at radius 2 is 1.93 bits per heavy atom. The van der Waals surface area contributed by atoms with Gasteiger partial charge in [-0.3, -0.25) is 4.79 Å². The molecule has 0 spiro atoms. The van der Waals surface area contributed by atoms with E-state index in [-0.39, 0.29) is 23.9 Å². The zero-order valence-corrected chi connectivity index (χ0v) is 16.0. The van der Waals surface area contributed by atoms with Gasteiger partial charge in [0, 0.05) is 30.7 Å². The van der Waals surface area contributed by atoms with Crippen LogP contribution in [0.5, 0.6) is 0 Å². The van der Waals surface area contributed by atoms with Gasteiger partial charge in [-0.25, -0.2) is 9.18 Å². The van der Waals surface area contributed by atoms with Crippen molar-refractivity contribution in [2.45, 2.75) is 24.8 Å². The molecule has 0 fully saturated rings. The summed E-state index contributed by atoms with van der Waals surface area (Å²) >= 11 is 1.46. The van der Waals surface area contributed by atoms with Gasteiger partial charge in [0.25, 0.3) is 0 Å². The van der Waals surface area contributed by atoms with Crippen molar-refractivity contribution in [2.75, 3.05) is 5.75 Å². The monoisotopic (exact) mass is 400 g/mol. The number of aryl methyl sites for hydroxylation is 1. The number of rotatable bonds is 9. The molecule has 0 aliphatic heterocycles. The summed E-state index contributed by atoms with van der Waals surface area (Å²) in [5.41, 5.74) is 1.82. The Morgan fingerprint density at radius 3 is 2.68 bits per heavy atom. The topological polar surface area (TPSA) is 71.3 Å². The number of carbonyl (C=O) groups is 2. The van der Waals surface area contributed by atoms with Crippen LogP contribution in [0.1, 0.15) is 12.0 Å². The number of nitrogens with zero attached hydrogens (tertiary/aromatic N) is 1. The number of hydrogen-bond donors (Lipinski definition) is 2. The van der Waals surface area contributed by atoms with E-state index in [1.165, 1.54) is 23.9 Å². The van der Waals surface area contributed by atoms with Crippen molar-refractivity contribution >= 4 is 34.5 Å². The highest BCUT2D eigenvalue weighted by molar-refractivity contribution is 7.98. The van der Waals surface area contributed by atoms with Gasteiger partial charge in [0.15, 0.2) is 0 Å². The van der Waals surface area contributed by atoms with Crippen molar-refractivity contribution in [1.82, 2.24) is 9.88 Å². The maximum Gasteiger partial charge on any atom is 0.327 e. The van der Waals surface area contributed by atoms with Crippen LogP contribution >= 0.6 is 11.8 Å². The number of carbonyl (C=O) groups excluding carboxylic acids is 1. The second kappa shape index (κ2) is 9.41. The summed E-state index contributed by atoms with van der Waals surface area (Å²) in [6.07, 6.45) is 1.91. The Kier molecular flexibility index (Phi) is 6.71. The molecule has 1 aromatic heterocycles. The lowest BCUT2D eigenvalue weighted by Gasteiger charge is -2.14. The fourth-order valence-electron chi connectivity index (χ4n) is 2.88. The Labute approximate surface area is 166 Å². The molecular formula is C21H21FN2O3S. The van der Waals surface area contributed by atoms with E-state index in [0.29, 0.717) is 17.8 Å². The highest BCUT2D eigenvalue weighted by Gasteiger charge is 2.20. The van der Waals surface area contributed by atoms with Gasteiger partial charge < -0.3 is 15.0 Å². The molecular weight excluding hydrogens is 379 g/mol. The summed E-state index contributed by atoms with van der Waals surface area (Å²) in [4.78, 5) is 23.7. The second-order valence-electron chi connectivity index (χ2n) is 6.42. The summed E-state index contributed by atoms with van der Waals surface area (Å²) in [6, 6.07) is 15.2. The van der Waals surface area contributed by atoms with E-state index in [1.807, 2.05) is 36.4 Å². The molecule has 0 saturated heterocycles.